The molecular weight excluding hydrogens is 146 g/mol. The summed E-state index contributed by atoms with van der Waals surface area (Å²) in [6, 6.07) is 2.17. The maximum atomic E-state index is 8.64. The molecule has 0 bridgehead atoms. The maximum Gasteiger partial charge on any atom is 0.0700 e. The van der Waals surface area contributed by atoms with Crippen molar-refractivity contribution in [1.82, 2.24) is 0 Å². The van der Waals surface area contributed by atoms with E-state index in [2.05, 4.69) is 12.6 Å². The molecule has 0 heterocycles. The highest BCUT2D eigenvalue weighted by Gasteiger charge is 2.00. The first-order valence-corrected chi connectivity index (χ1v) is 3.99. The molecule has 0 fully saturated rings. The Bertz CT molecular complexity index is 247. The Morgan fingerprint density at radius 3 is 2.33 bits per heavy atom. The Labute approximate surface area is 74.7 Å². The molecule has 12 heavy (non-hydrogen) atoms. The van der Waals surface area contributed by atoms with Crippen molar-refractivity contribution in [3.63, 3.8) is 0 Å². The summed E-state index contributed by atoms with van der Waals surface area (Å²) in [5.74, 6) is -0.0712. The summed E-state index contributed by atoms with van der Waals surface area (Å²) in [6.07, 6.45) is 5.66. The molecule has 0 aliphatic heterocycles. The van der Waals surface area contributed by atoms with E-state index in [9.17, 15) is 0 Å². The average Bonchev–Trinajstić information content (AvgIpc) is 2.04. The van der Waals surface area contributed by atoms with Crippen LogP contribution in [0.4, 0.5) is 0 Å². The lowest BCUT2D eigenvalue weighted by atomic mass is 10.0. The number of nitrogens with zero attached hydrogens (tertiary/aromatic N) is 1. The summed E-state index contributed by atoms with van der Waals surface area (Å²) in [7, 11) is 0. The van der Waals surface area contributed by atoms with Gasteiger partial charge in [0.1, 0.15) is 0 Å². The Balaban J connectivity index is 4.57. The molecule has 0 rings (SSSR count). The second-order valence-corrected chi connectivity index (χ2v) is 2.97. The lowest BCUT2D eigenvalue weighted by Gasteiger charge is -2.00. The van der Waals surface area contributed by atoms with Gasteiger partial charge in [0.05, 0.1) is 12.0 Å². The summed E-state index contributed by atoms with van der Waals surface area (Å²) in [5.41, 5.74) is 2.19. The van der Waals surface area contributed by atoms with Crippen molar-refractivity contribution < 1.29 is 0 Å². The quantitative estimate of drug-likeness (QED) is 0.583. The Hall–Kier alpha value is -1.29. The van der Waals surface area contributed by atoms with Gasteiger partial charge in [0, 0.05) is 0 Å². The fraction of sp³-hybridized carbons (Fsp3) is 0.364. The highest BCUT2D eigenvalue weighted by atomic mass is 14.3. The number of hydrogen-bond donors (Lipinski definition) is 0. The monoisotopic (exact) mass is 161 g/mol. The van der Waals surface area contributed by atoms with Crippen LogP contribution in [0.2, 0.25) is 0 Å². The van der Waals surface area contributed by atoms with E-state index in [1.54, 1.807) is 6.08 Å². The third-order valence-electron chi connectivity index (χ3n) is 1.54. The van der Waals surface area contributed by atoms with Crippen LogP contribution in [0, 0.1) is 17.2 Å². The van der Waals surface area contributed by atoms with E-state index in [0.29, 0.717) is 0 Å². The zero-order valence-electron chi connectivity index (χ0n) is 7.96. The van der Waals surface area contributed by atoms with Gasteiger partial charge in [-0.05, 0) is 26.3 Å². The summed E-state index contributed by atoms with van der Waals surface area (Å²) in [6.45, 7) is 9.57. The minimum atomic E-state index is -0.0712. The number of rotatable bonds is 3. The van der Waals surface area contributed by atoms with Gasteiger partial charge in [-0.15, -0.1) is 0 Å². The van der Waals surface area contributed by atoms with Crippen molar-refractivity contribution in [1.29, 1.82) is 5.26 Å². The van der Waals surface area contributed by atoms with Gasteiger partial charge >= 0.3 is 0 Å². The maximum absolute atomic E-state index is 8.64. The van der Waals surface area contributed by atoms with E-state index < -0.39 is 0 Å². The molecule has 1 heteroatoms. The third-order valence-corrected chi connectivity index (χ3v) is 1.54. The van der Waals surface area contributed by atoms with Gasteiger partial charge < -0.3 is 0 Å². The van der Waals surface area contributed by atoms with Crippen molar-refractivity contribution in [2.24, 2.45) is 5.92 Å². The molecule has 0 aromatic carbocycles. The largest absolute Gasteiger partial charge is 0.198 e. The van der Waals surface area contributed by atoms with Gasteiger partial charge in [0.15, 0.2) is 0 Å². The molecule has 1 nitrogen and oxygen atoms in total. The van der Waals surface area contributed by atoms with Gasteiger partial charge in [-0.1, -0.05) is 30.4 Å². The fourth-order valence-corrected chi connectivity index (χ4v) is 0.727. The molecule has 0 aliphatic carbocycles. The van der Waals surface area contributed by atoms with E-state index >= 15 is 0 Å². The van der Waals surface area contributed by atoms with Gasteiger partial charge in [0.25, 0.3) is 0 Å². The second kappa shape index (κ2) is 5.37. The molecule has 0 radical (unpaired) electrons. The molecule has 0 aliphatic rings. The van der Waals surface area contributed by atoms with Crippen molar-refractivity contribution in [3.05, 3.63) is 36.0 Å². The second-order valence-electron chi connectivity index (χ2n) is 2.97. The predicted octanol–water partition coefficient (Wildman–Crippen LogP) is 3.22. The van der Waals surface area contributed by atoms with Gasteiger partial charge in [0.2, 0.25) is 0 Å². The van der Waals surface area contributed by atoms with Crippen LogP contribution in [0.3, 0.4) is 0 Å². The highest BCUT2D eigenvalue weighted by Crippen LogP contribution is 2.10. The molecule has 64 valence electrons. The van der Waals surface area contributed by atoms with Crippen molar-refractivity contribution in [3.8, 4) is 6.07 Å². The molecule has 1 atom stereocenters. The molecule has 0 spiro atoms. The lowest BCUT2D eigenvalue weighted by molar-refractivity contribution is 0.908. The minimum absolute atomic E-state index is 0.0712. The minimum Gasteiger partial charge on any atom is -0.198 e. The third kappa shape index (κ3) is 3.78. The molecule has 0 aromatic rings. The molecular formula is C11H15N. The Morgan fingerprint density at radius 2 is 2.00 bits per heavy atom. The molecule has 0 aromatic heterocycles. The van der Waals surface area contributed by atoms with Crippen LogP contribution in [0.15, 0.2) is 36.0 Å². The van der Waals surface area contributed by atoms with Crippen LogP contribution in [-0.4, -0.2) is 0 Å². The highest BCUT2D eigenvalue weighted by molar-refractivity contribution is 5.28. The smallest absolute Gasteiger partial charge is 0.0700 e. The SMILES string of the molecule is C=C/C(=C\C=C(C)C)C(C)C#N. The predicted molar refractivity (Wildman–Crippen MR) is 52.5 cm³/mol. The van der Waals surface area contributed by atoms with Crippen molar-refractivity contribution >= 4 is 0 Å². The number of allylic oxidation sites excluding steroid dienone is 5. The number of hydrogen-bond acceptors (Lipinski definition) is 1. The van der Waals surface area contributed by atoms with Crippen molar-refractivity contribution in [2.45, 2.75) is 20.8 Å². The first kappa shape index (κ1) is 10.7. The standard InChI is InChI=1S/C11H15N/c1-5-11(10(4)8-12)7-6-9(2)3/h5-7,10H,1H2,2-4H3/b11-7+. The lowest BCUT2D eigenvalue weighted by Crippen LogP contribution is -1.91. The van der Waals surface area contributed by atoms with Crippen LogP contribution in [0.25, 0.3) is 0 Å². The molecule has 1 unspecified atom stereocenters. The van der Waals surface area contributed by atoms with Gasteiger partial charge in [-0.25, -0.2) is 0 Å². The Kier molecular flexibility index (Phi) is 4.79. The fourth-order valence-electron chi connectivity index (χ4n) is 0.727. The van der Waals surface area contributed by atoms with Crippen molar-refractivity contribution in [2.75, 3.05) is 0 Å². The van der Waals surface area contributed by atoms with E-state index in [0.717, 1.165) is 5.57 Å². The summed E-state index contributed by atoms with van der Waals surface area (Å²) in [4.78, 5) is 0. The summed E-state index contributed by atoms with van der Waals surface area (Å²) < 4.78 is 0. The first-order chi connectivity index (χ1) is 5.61. The Morgan fingerprint density at radius 1 is 1.42 bits per heavy atom. The van der Waals surface area contributed by atoms with Crippen LogP contribution in [0.5, 0.6) is 0 Å². The van der Waals surface area contributed by atoms with E-state index in [-0.39, 0.29) is 5.92 Å². The number of nitriles is 1. The topological polar surface area (TPSA) is 23.8 Å². The zero-order chi connectivity index (χ0) is 9.56. The summed E-state index contributed by atoms with van der Waals surface area (Å²) >= 11 is 0. The van der Waals surface area contributed by atoms with Crippen LogP contribution >= 0.6 is 0 Å². The molecule has 0 N–H and O–H groups in total. The average molecular weight is 161 g/mol. The van der Waals surface area contributed by atoms with Crippen LogP contribution < -0.4 is 0 Å². The molecule has 0 amide bonds. The van der Waals surface area contributed by atoms with Gasteiger partial charge in [-0.2, -0.15) is 5.26 Å². The molecule has 0 saturated carbocycles. The first-order valence-electron chi connectivity index (χ1n) is 3.99. The van der Waals surface area contributed by atoms with Crippen LogP contribution in [0.1, 0.15) is 20.8 Å². The van der Waals surface area contributed by atoms with E-state index in [1.165, 1.54) is 5.57 Å². The van der Waals surface area contributed by atoms with Crippen LogP contribution in [-0.2, 0) is 0 Å². The van der Waals surface area contributed by atoms with E-state index in [1.807, 2.05) is 32.9 Å². The normalized spacial score (nSPS) is 13.0. The van der Waals surface area contributed by atoms with E-state index in [4.69, 9.17) is 5.26 Å². The summed E-state index contributed by atoms with van der Waals surface area (Å²) in [5, 5.41) is 8.64. The van der Waals surface area contributed by atoms with Gasteiger partial charge in [-0.3, -0.25) is 0 Å². The molecule has 0 saturated heterocycles. The zero-order valence-corrected chi connectivity index (χ0v) is 7.96.